The molecule has 0 spiro atoms. The molecule has 3 aromatic rings. The lowest BCUT2D eigenvalue weighted by atomic mass is 9.98. The first-order chi connectivity index (χ1) is 11.8. The first-order valence-corrected chi connectivity index (χ1v) is 8.40. The summed E-state index contributed by atoms with van der Waals surface area (Å²) in [7, 11) is 0. The van der Waals surface area contributed by atoms with Crippen molar-refractivity contribution in [3.8, 4) is 11.1 Å². The second-order valence-electron chi connectivity index (χ2n) is 5.66. The summed E-state index contributed by atoms with van der Waals surface area (Å²) in [6, 6.07) is 5.40. The predicted molar refractivity (Wildman–Crippen MR) is 93.9 cm³/mol. The Morgan fingerprint density at radius 2 is 1.80 bits per heavy atom. The second-order valence-corrected chi connectivity index (χ2v) is 6.52. The Hall–Kier alpha value is -2.67. The van der Waals surface area contributed by atoms with Gasteiger partial charge in [0.1, 0.15) is 5.69 Å². The van der Waals surface area contributed by atoms with Crippen molar-refractivity contribution in [2.75, 3.05) is 5.32 Å². The van der Waals surface area contributed by atoms with E-state index in [4.69, 9.17) is 0 Å². The summed E-state index contributed by atoms with van der Waals surface area (Å²) in [5.41, 5.74) is 3.35. The fourth-order valence-electron chi connectivity index (χ4n) is 2.49. The third kappa shape index (κ3) is 3.56. The number of carbonyl (C=O) groups is 1. The molecular weight excluding hydrogens is 344 g/mol. The molecule has 1 amide bonds. The summed E-state index contributed by atoms with van der Waals surface area (Å²) in [6.07, 6.45) is 0. The monoisotopic (exact) mass is 359 g/mol. The van der Waals surface area contributed by atoms with Crippen LogP contribution in [0.25, 0.3) is 11.1 Å². The predicted octanol–water partition coefficient (Wildman–Crippen LogP) is 4.66. The van der Waals surface area contributed by atoms with E-state index in [2.05, 4.69) is 15.3 Å². The number of pyridine rings is 1. The highest BCUT2D eigenvalue weighted by Gasteiger charge is 2.18. The first-order valence-electron chi connectivity index (χ1n) is 7.52. The second kappa shape index (κ2) is 6.68. The largest absolute Gasteiger partial charge is 0.296 e. The van der Waals surface area contributed by atoms with E-state index < -0.39 is 11.6 Å². The summed E-state index contributed by atoms with van der Waals surface area (Å²) in [6.45, 7) is 5.31. The van der Waals surface area contributed by atoms with Crippen LogP contribution in [-0.4, -0.2) is 15.9 Å². The molecule has 0 radical (unpaired) electrons. The van der Waals surface area contributed by atoms with Crippen LogP contribution in [0.15, 0.2) is 29.6 Å². The maximum atomic E-state index is 13.6. The average molecular weight is 359 g/mol. The summed E-state index contributed by atoms with van der Waals surface area (Å²) in [4.78, 5) is 21.1. The van der Waals surface area contributed by atoms with Gasteiger partial charge in [0.15, 0.2) is 16.8 Å². The van der Waals surface area contributed by atoms with Gasteiger partial charge < -0.3 is 0 Å². The molecule has 1 N–H and O–H groups in total. The van der Waals surface area contributed by atoms with Crippen LogP contribution in [0.1, 0.15) is 27.4 Å². The van der Waals surface area contributed by atoms with Crippen LogP contribution in [-0.2, 0) is 0 Å². The van der Waals surface area contributed by atoms with Crippen molar-refractivity contribution in [2.24, 2.45) is 0 Å². The van der Waals surface area contributed by atoms with Crippen LogP contribution in [0.4, 0.5) is 13.9 Å². The maximum absolute atomic E-state index is 13.6. The minimum absolute atomic E-state index is 0.229. The molecule has 0 saturated heterocycles. The number of halogens is 2. The smallest absolute Gasteiger partial charge is 0.276 e. The van der Waals surface area contributed by atoms with Gasteiger partial charge in [0.2, 0.25) is 0 Å². The molecule has 0 unspecified atom stereocenters. The molecular formula is C18H15F2N3OS. The van der Waals surface area contributed by atoms with Crippen LogP contribution in [0, 0.1) is 32.4 Å². The molecule has 0 atom stereocenters. The highest BCUT2D eigenvalue weighted by molar-refractivity contribution is 7.13. The van der Waals surface area contributed by atoms with E-state index >= 15 is 0 Å². The van der Waals surface area contributed by atoms with E-state index in [9.17, 15) is 13.6 Å². The third-order valence-corrected chi connectivity index (χ3v) is 4.56. The van der Waals surface area contributed by atoms with Gasteiger partial charge >= 0.3 is 0 Å². The molecule has 2 aromatic heterocycles. The number of anilines is 1. The molecule has 7 heteroatoms. The minimum Gasteiger partial charge on any atom is -0.296 e. The summed E-state index contributed by atoms with van der Waals surface area (Å²) < 4.78 is 26.8. The summed E-state index contributed by atoms with van der Waals surface area (Å²) >= 11 is 1.32. The molecule has 0 aliphatic rings. The number of aromatic nitrogens is 2. The van der Waals surface area contributed by atoms with Gasteiger partial charge in [-0.1, -0.05) is 6.07 Å². The minimum atomic E-state index is -0.935. The number of thiazole rings is 1. The number of amides is 1. The number of benzene rings is 1. The fraction of sp³-hybridized carbons (Fsp3) is 0.167. The Bertz CT molecular complexity index is 969. The maximum Gasteiger partial charge on any atom is 0.276 e. The number of nitrogens with zero attached hydrogens (tertiary/aromatic N) is 2. The van der Waals surface area contributed by atoms with Gasteiger partial charge in [-0.05, 0) is 55.7 Å². The fourth-order valence-corrected chi connectivity index (χ4v) is 3.17. The lowest BCUT2D eigenvalue weighted by molar-refractivity contribution is 0.102. The number of hydrogen-bond donors (Lipinski definition) is 1. The van der Waals surface area contributed by atoms with Crippen molar-refractivity contribution >= 4 is 22.4 Å². The normalized spacial score (nSPS) is 10.8. The van der Waals surface area contributed by atoms with E-state index in [1.165, 1.54) is 17.4 Å². The van der Waals surface area contributed by atoms with E-state index in [0.29, 0.717) is 27.5 Å². The molecule has 0 aliphatic heterocycles. The zero-order valence-electron chi connectivity index (χ0n) is 13.9. The van der Waals surface area contributed by atoms with Crippen molar-refractivity contribution < 1.29 is 13.6 Å². The molecule has 25 heavy (non-hydrogen) atoms. The molecule has 2 heterocycles. The van der Waals surface area contributed by atoms with Gasteiger partial charge in [-0.25, -0.2) is 18.7 Å². The topological polar surface area (TPSA) is 54.9 Å². The molecule has 3 rings (SSSR count). The molecule has 1 aromatic carbocycles. The third-order valence-electron chi connectivity index (χ3n) is 3.69. The first kappa shape index (κ1) is 17.2. The Labute approximate surface area is 147 Å². The van der Waals surface area contributed by atoms with Gasteiger partial charge in [-0.2, -0.15) is 0 Å². The Balaban J connectivity index is 2.02. The van der Waals surface area contributed by atoms with E-state index in [0.717, 1.165) is 17.8 Å². The Morgan fingerprint density at radius 3 is 2.44 bits per heavy atom. The van der Waals surface area contributed by atoms with Crippen molar-refractivity contribution in [1.29, 1.82) is 0 Å². The number of hydrogen-bond acceptors (Lipinski definition) is 4. The lowest BCUT2D eigenvalue weighted by Gasteiger charge is -2.12. The van der Waals surface area contributed by atoms with Crippen molar-refractivity contribution in [2.45, 2.75) is 20.8 Å². The Kier molecular flexibility index (Phi) is 4.59. The molecule has 0 saturated carbocycles. The number of nitrogens with one attached hydrogen (secondary N) is 1. The van der Waals surface area contributed by atoms with Gasteiger partial charge in [-0.15, -0.1) is 11.3 Å². The highest BCUT2D eigenvalue weighted by atomic mass is 32.1. The lowest BCUT2D eigenvalue weighted by Crippen LogP contribution is -2.16. The quantitative estimate of drug-likeness (QED) is 0.740. The van der Waals surface area contributed by atoms with E-state index in [1.807, 2.05) is 12.3 Å². The number of rotatable bonds is 3. The van der Waals surface area contributed by atoms with Gasteiger partial charge in [0, 0.05) is 11.1 Å². The number of carbonyl (C=O) groups excluding carboxylic acids is 1. The summed E-state index contributed by atoms with van der Waals surface area (Å²) in [5.74, 6) is -2.24. The summed E-state index contributed by atoms with van der Waals surface area (Å²) in [5, 5.41) is 5.04. The van der Waals surface area contributed by atoms with Gasteiger partial charge in [0.25, 0.3) is 5.91 Å². The zero-order chi connectivity index (χ0) is 18.1. The number of aryl methyl sites for hydroxylation is 2. The molecule has 0 aliphatic carbocycles. The molecule has 0 fully saturated rings. The van der Waals surface area contributed by atoms with Gasteiger partial charge in [0.05, 0.1) is 5.69 Å². The zero-order valence-corrected chi connectivity index (χ0v) is 14.7. The van der Waals surface area contributed by atoms with Crippen LogP contribution < -0.4 is 5.32 Å². The van der Waals surface area contributed by atoms with Crippen LogP contribution in [0.3, 0.4) is 0 Å². The molecule has 128 valence electrons. The van der Waals surface area contributed by atoms with E-state index in [-0.39, 0.29) is 11.6 Å². The molecule has 0 bridgehead atoms. The van der Waals surface area contributed by atoms with Crippen LogP contribution in [0.2, 0.25) is 0 Å². The Morgan fingerprint density at radius 1 is 1.04 bits per heavy atom. The molecule has 4 nitrogen and oxygen atoms in total. The van der Waals surface area contributed by atoms with Crippen molar-refractivity contribution in [1.82, 2.24) is 9.97 Å². The standard InChI is InChI=1S/C18H15F2N3OS/c1-9-6-13(12-4-5-14(19)15(20)7-12)11(3)16(21-9)17(24)23-18-22-10(2)8-25-18/h4-8H,1-3H3,(H,22,23,24). The SMILES string of the molecule is Cc1csc(NC(=O)c2nc(C)cc(-c3ccc(F)c(F)c3)c2C)n1. The van der Waals surface area contributed by atoms with Gasteiger partial charge in [-0.3, -0.25) is 10.1 Å². The highest BCUT2D eigenvalue weighted by Crippen LogP contribution is 2.28. The van der Waals surface area contributed by atoms with Crippen molar-refractivity contribution in [3.63, 3.8) is 0 Å². The average Bonchev–Trinajstić information content (AvgIpc) is 2.97. The van der Waals surface area contributed by atoms with Crippen molar-refractivity contribution in [3.05, 3.63) is 63.9 Å². The van der Waals surface area contributed by atoms with Crippen LogP contribution >= 0.6 is 11.3 Å². The van der Waals surface area contributed by atoms with E-state index in [1.54, 1.807) is 19.9 Å². The van der Waals surface area contributed by atoms with Crippen LogP contribution in [0.5, 0.6) is 0 Å².